The normalized spacial score (nSPS) is 17.1. The van der Waals surface area contributed by atoms with E-state index in [0.29, 0.717) is 6.61 Å². The lowest BCUT2D eigenvalue weighted by Crippen LogP contribution is -2.24. The van der Waals surface area contributed by atoms with Crippen LogP contribution in [0.5, 0.6) is 5.75 Å². The smallest absolute Gasteiger partial charge is 0.143 e. The third kappa shape index (κ3) is 2.42. The van der Waals surface area contributed by atoms with Gasteiger partial charge in [-0.3, -0.25) is 0 Å². The highest BCUT2D eigenvalue weighted by Gasteiger charge is 2.22. The minimum absolute atomic E-state index is 0.211. The molecular formula is C17H18BrNO. The van der Waals surface area contributed by atoms with Crippen molar-refractivity contribution in [2.45, 2.75) is 26.8 Å². The third-order valence-electron chi connectivity index (χ3n) is 3.94. The monoisotopic (exact) mass is 331 g/mol. The van der Waals surface area contributed by atoms with Crippen molar-refractivity contribution in [2.75, 3.05) is 11.9 Å². The Kier molecular flexibility index (Phi) is 3.47. The van der Waals surface area contributed by atoms with E-state index in [1.54, 1.807) is 0 Å². The molecule has 0 saturated carbocycles. The molecule has 1 atom stereocenters. The summed E-state index contributed by atoms with van der Waals surface area (Å²) in [4.78, 5) is 0. The summed E-state index contributed by atoms with van der Waals surface area (Å²) in [5, 5.41) is 3.58. The Hall–Kier alpha value is -1.48. The van der Waals surface area contributed by atoms with E-state index in [0.717, 1.165) is 15.9 Å². The van der Waals surface area contributed by atoms with E-state index < -0.39 is 0 Å². The highest BCUT2D eigenvalue weighted by atomic mass is 79.9. The van der Waals surface area contributed by atoms with Gasteiger partial charge in [0.1, 0.15) is 12.4 Å². The van der Waals surface area contributed by atoms with Crippen LogP contribution in [0.3, 0.4) is 0 Å². The number of halogens is 1. The van der Waals surface area contributed by atoms with Crippen molar-refractivity contribution in [3.8, 4) is 5.75 Å². The molecule has 2 aromatic carbocycles. The lowest BCUT2D eigenvalue weighted by molar-refractivity contribution is 0.286. The van der Waals surface area contributed by atoms with Gasteiger partial charge in [0.2, 0.25) is 0 Å². The van der Waals surface area contributed by atoms with Crippen molar-refractivity contribution >= 4 is 21.6 Å². The van der Waals surface area contributed by atoms with E-state index in [9.17, 15) is 0 Å². The fraction of sp³-hybridized carbons (Fsp3) is 0.294. The Balaban J connectivity index is 1.94. The first-order valence-corrected chi connectivity index (χ1v) is 7.60. The zero-order chi connectivity index (χ0) is 14.3. The molecule has 1 aliphatic heterocycles. The minimum atomic E-state index is 0.211. The molecule has 0 aromatic heterocycles. The molecular weight excluding hydrogens is 314 g/mol. The van der Waals surface area contributed by atoms with Crippen LogP contribution in [-0.2, 0) is 0 Å². The second-order valence-corrected chi connectivity index (χ2v) is 6.36. The first-order chi connectivity index (χ1) is 9.54. The van der Waals surface area contributed by atoms with Gasteiger partial charge in [0.25, 0.3) is 0 Å². The number of hydrogen-bond donors (Lipinski definition) is 1. The Bertz CT molecular complexity index is 666. The van der Waals surface area contributed by atoms with Gasteiger partial charge >= 0.3 is 0 Å². The molecule has 0 radical (unpaired) electrons. The van der Waals surface area contributed by atoms with E-state index in [4.69, 9.17) is 4.74 Å². The molecule has 0 fully saturated rings. The quantitative estimate of drug-likeness (QED) is 0.800. The number of fused-ring (bicyclic) bond motifs is 1. The standard InChI is InChI=1S/C17H18BrNO/c1-10-6-12(3)14(7-11(10)2)16-9-20-17-8-13(18)4-5-15(17)19-16/h4-8,16,19H,9H2,1-3H3. The van der Waals surface area contributed by atoms with Crippen molar-refractivity contribution < 1.29 is 4.74 Å². The molecule has 2 nitrogen and oxygen atoms in total. The van der Waals surface area contributed by atoms with E-state index >= 15 is 0 Å². The molecule has 1 heterocycles. The van der Waals surface area contributed by atoms with Crippen LogP contribution in [-0.4, -0.2) is 6.61 Å². The lowest BCUT2D eigenvalue weighted by atomic mass is 9.95. The highest BCUT2D eigenvalue weighted by Crippen LogP contribution is 2.36. The van der Waals surface area contributed by atoms with Gasteiger partial charge in [0, 0.05) is 4.47 Å². The molecule has 104 valence electrons. The Morgan fingerprint density at radius 1 is 1.05 bits per heavy atom. The Morgan fingerprint density at radius 2 is 1.80 bits per heavy atom. The summed E-state index contributed by atoms with van der Waals surface area (Å²) in [6.07, 6.45) is 0. The van der Waals surface area contributed by atoms with Crippen molar-refractivity contribution in [3.05, 3.63) is 57.1 Å². The summed E-state index contributed by atoms with van der Waals surface area (Å²) in [5.41, 5.74) is 6.36. The van der Waals surface area contributed by atoms with Gasteiger partial charge in [-0.1, -0.05) is 28.1 Å². The van der Waals surface area contributed by atoms with Gasteiger partial charge in [-0.05, 0) is 61.2 Å². The van der Waals surface area contributed by atoms with Crippen molar-refractivity contribution in [1.29, 1.82) is 0 Å². The number of anilines is 1. The molecule has 0 spiro atoms. The number of aryl methyl sites for hydroxylation is 3. The molecule has 2 aromatic rings. The maximum Gasteiger partial charge on any atom is 0.143 e. The minimum Gasteiger partial charge on any atom is -0.489 e. The molecule has 0 bridgehead atoms. The van der Waals surface area contributed by atoms with Crippen molar-refractivity contribution in [1.82, 2.24) is 0 Å². The number of hydrogen-bond acceptors (Lipinski definition) is 2. The maximum atomic E-state index is 5.90. The zero-order valence-electron chi connectivity index (χ0n) is 12.0. The van der Waals surface area contributed by atoms with Gasteiger partial charge in [-0.25, -0.2) is 0 Å². The van der Waals surface area contributed by atoms with Gasteiger partial charge in [-0.2, -0.15) is 0 Å². The molecule has 0 amide bonds. The molecule has 3 rings (SSSR count). The van der Waals surface area contributed by atoms with Crippen LogP contribution in [0.25, 0.3) is 0 Å². The summed E-state index contributed by atoms with van der Waals surface area (Å²) in [6.45, 7) is 7.14. The largest absolute Gasteiger partial charge is 0.489 e. The Morgan fingerprint density at radius 3 is 2.60 bits per heavy atom. The van der Waals surface area contributed by atoms with Crippen LogP contribution in [0.15, 0.2) is 34.8 Å². The van der Waals surface area contributed by atoms with Crippen LogP contribution in [0.4, 0.5) is 5.69 Å². The predicted octanol–water partition coefficient (Wildman–Crippen LogP) is 4.92. The number of ether oxygens (including phenoxy) is 1. The van der Waals surface area contributed by atoms with E-state index in [2.05, 4.69) is 60.2 Å². The van der Waals surface area contributed by atoms with Crippen LogP contribution in [0.1, 0.15) is 28.3 Å². The van der Waals surface area contributed by atoms with Gasteiger partial charge in [-0.15, -0.1) is 0 Å². The van der Waals surface area contributed by atoms with E-state index in [1.807, 2.05) is 12.1 Å². The lowest BCUT2D eigenvalue weighted by Gasteiger charge is -2.29. The van der Waals surface area contributed by atoms with E-state index in [-0.39, 0.29) is 6.04 Å². The van der Waals surface area contributed by atoms with Crippen LogP contribution < -0.4 is 10.1 Å². The molecule has 0 saturated heterocycles. The van der Waals surface area contributed by atoms with Crippen molar-refractivity contribution in [2.24, 2.45) is 0 Å². The summed E-state index contributed by atoms with van der Waals surface area (Å²) in [7, 11) is 0. The average molecular weight is 332 g/mol. The topological polar surface area (TPSA) is 21.3 Å². The summed E-state index contributed by atoms with van der Waals surface area (Å²) < 4.78 is 6.94. The van der Waals surface area contributed by atoms with Crippen molar-refractivity contribution in [3.63, 3.8) is 0 Å². The molecule has 1 unspecified atom stereocenters. The van der Waals surface area contributed by atoms with Gasteiger partial charge in [0.05, 0.1) is 11.7 Å². The first-order valence-electron chi connectivity index (χ1n) is 6.81. The molecule has 20 heavy (non-hydrogen) atoms. The van der Waals surface area contributed by atoms with Crippen LogP contribution in [0, 0.1) is 20.8 Å². The SMILES string of the molecule is Cc1cc(C)c(C2COc3cc(Br)ccc3N2)cc1C. The van der Waals surface area contributed by atoms with Crippen LogP contribution in [0.2, 0.25) is 0 Å². The third-order valence-corrected chi connectivity index (χ3v) is 4.43. The summed E-state index contributed by atoms with van der Waals surface area (Å²) in [5.74, 6) is 0.914. The zero-order valence-corrected chi connectivity index (χ0v) is 13.5. The van der Waals surface area contributed by atoms with E-state index in [1.165, 1.54) is 22.3 Å². The summed E-state index contributed by atoms with van der Waals surface area (Å²) >= 11 is 3.47. The second-order valence-electron chi connectivity index (χ2n) is 5.44. The fourth-order valence-electron chi connectivity index (χ4n) is 2.66. The van der Waals surface area contributed by atoms with Gasteiger partial charge in [0.15, 0.2) is 0 Å². The second kappa shape index (κ2) is 5.13. The number of nitrogens with one attached hydrogen (secondary N) is 1. The Labute approximate surface area is 128 Å². The molecule has 3 heteroatoms. The molecule has 0 aliphatic carbocycles. The molecule has 1 N–H and O–H groups in total. The molecule has 1 aliphatic rings. The van der Waals surface area contributed by atoms with Crippen LogP contribution >= 0.6 is 15.9 Å². The highest BCUT2D eigenvalue weighted by molar-refractivity contribution is 9.10. The average Bonchev–Trinajstić information content (AvgIpc) is 2.42. The predicted molar refractivity (Wildman–Crippen MR) is 86.7 cm³/mol. The fourth-order valence-corrected chi connectivity index (χ4v) is 3.00. The number of benzene rings is 2. The maximum absolute atomic E-state index is 5.90. The number of rotatable bonds is 1. The summed E-state index contributed by atoms with van der Waals surface area (Å²) in [6, 6.07) is 10.8. The van der Waals surface area contributed by atoms with Gasteiger partial charge < -0.3 is 10.1 Å². The first kappa shape index (κ1) is 13.5.